The van der Waals surface area contributed by atoms with Crippen LogP contribution in [0.2, 0.25) is 0 Å². The number of thiophene rings is 1. The zero-order chi connectivity index (χ0) is 16.9. The second-order valence-electron chi connectivity index (χ2n) is 5.89. The van der Waals surface area contributed by atoms with Gasteiger partial charge in [-0.15, -0.1) is 11.3 Å². The van der Waals surface area contributed by atoms with E-state index in [4.69, 9.17) is 0 Å². The Hall–Kier alpha value is -2.02. The van der Waals surface area contributed by atoms with Gasteiger partial charge in [0.15, 0.2) is 5.78 Å². The van der Waals surface area contributed by atoms with Crippen LogP contribution in [0.5, 0.6) is 0 Å². The Balaban J connectivity index is 2.36. The van der Waals surface area contributed by atoms with Crippen LogP contribution < -0.4 is 5.56 Å². The number of ketones is 1. The number of carboxylic acids is 1. The Bertz CT molecular complexity index is 880. The maximum Gasteiger partial charge on any atom is 0.311 e. The van der Waals surface area contributed by atoms with Crippen molar-refractivity contribution >= 4 is 33.3 Å². The van der Waals surface area contributed by atoms with Crippen LogP contribution in [0.3, 0.4) is 0 Å². The van der Waals surface area contributed by atoms with Crippen molar-refractivity contribution in [2.45, 2.75) is 52.0 Å². The van der Waals surface area contributed by atoms with Gasteiger partial charge in [0.05, 0.1) is 17.3 Å². The van der Waals surface area contributed by atoms with Gasteiger partial charge in [-0.1, -0.05) is 6.92 Å². The van der Waals surface area contributed by atoms with Crippen LogP contribution in [0.1, 0.15) is 55.4 Å². The lowest BCUT2D eigenvalue weighted by atomic mass is 10.0. The van der Waals surface area contributed by atoms with Crippen LogP contribution in [0.4, 0.5) is 0 Å². The van der Waals surface area contributed by atoms with E-state index in [1.54, 1.807) is 6.92 Å². The number of carbonyl (C=O) groups is 2. The van der Waals surface area contributed by atoms with E-state index in [0.29, 0.717) is 40.9 Å². The van der Waals surface area contributed by atoms with Gasteiger partial charge in [-0.3, -0.25) is 19.0 Å². The Morgan fingerprint density at radius 2 is 2.17 bits per heavy atom. The van der Waals surface area contributed by atoms with Crippen molar-refractivity contribution < 1.29 is 14.7 Å². The van der Waals surface area contributed by atoms with E-state index in [1.807, 2.05) is 6.92 Å². The van der Waals surface area contributed by atoms with Gasteiger partial charge in [-0.2, -0.15) is 0 Å². The third-order valence-corrected chi connectivity index (χ3v) is 5.70. The summed E-state index contributed by atoms with van der Waals surface area (Å²) in [6.45, 7) is 5.01. The number of aromatic nitrogens is 2. The molecular weight excluding hydrogens is 316 g/mol. The minimum absolute atomic E-state index is 0.121. The number of rotatable bonds is 4. The van der Waals surface area contributed by atoms with Crippen molar-refractivity contribution in [1.82, 2.24) is 9.55 Å². The smallest absolute Gasteiger partial charge is 0.311 e. The van der Waals surface area contributed by atoms with Gasteiger partial charge in [0.25, 0.3) is 5.56 Å². The summed E-state index contributed by atoms with van der Waals surface area (Å²) in [5.74, 6) is -1.11. The molecule has 0 fully saturated rings. The number of nitrogens with zero attached hydrogens (tertiary/aromatic N) is 2. The van der Waals surface area contributed by atoms with E-state index in [0.717, 1.165) is 4.88 Å². The number of fused-ring (bicyclic) bond motifs is 3. The fraction of sp³-hybridized carbons (Fsp3) is 0.500. The average Bonchev–Trinajstić information content (AvgIpc) is 3.04. The summed E-state index contributed by atoms with van der Waals surface area (Å²) in [7, 11) is 0. The SMILES string of the molecule is CCc1nc2sc3c(c2c(=O)n1C(C)C(C)=O)C(C(=O)O)CC3. The minimum Gasteiger partial charge on any atom is -0.481 e. The van der Waals surface area contributed by atoms with E-state index < -0.39 is 17.9 Å². The van der Waals surface area contributed by atoms with Crippen molar-refractivity contribution in [2.24, 2.45) is 0 Å². The van der Waals surface area contributed by atoms with Crippen LogP contribution in [0.25, 0.3) is 10.2 Å². The molecule has 0 radical (unpaired) electrons. The van der Waals surface area contributed by atoms with Crippen molar-refractivity contribution in [1.29, 1.82) is 0 Å². The topological polar surface area (TPSA) is 89.3 Å². The van der Waals surface area contributed by atoms with Crippen molar-refractivity contribution in [3.8, 4) is 0 Å². The molecule has 122 valence electrons. The predicted molar refractivity (Wildman–Crippen MR) is 87.3 cm³/mol. The number of Topliss-reactive ketones (excluding diaryl/α,β-unsaturated/α-hetero) is 1. The quantitative estimate of drug-likeness (QED) is 0.926. The molecule has 7 heteroatoms. The Kier molecular flexibility index (Phi) is 3.83. The molecule has 6 nitrogen and oxygen atoms in total. The first kappa shape index (κ1) is 15.9. The minimum atomic E-state index is -0.909. The average molecular weight is 334 g/mol. The van der Waals surface area contributed by atoms with Crippen LogP contribution in [-0.2, 0) is 22.4 Å². The van der Waals surface area contributed by atoms with Crippen LogP contribution in [0.15, 0.2) is 4.79 Å². The van der Waals surface area contributed by atoms with Crippen LogP contribution in [0, 0.1) is 0 Å². The molecule has 0 aliphatic heterocycles. The normalized spacial score (nSPS) is 18.1. The summed E-state index contributed by atoms with van der Waals surface area (Å²) < 4.78 is 1.43. The summed E-state index contributed by atoms with van der Waals surface area (Å²) >= 11 is 1.41. The van der Waals surface area contributed by atoms with Crippen molar-refractivity contribution in [3.05, 3.63) is 26.6 Å². The second-order valence-corrected chi connectivity index (χ2v) is 6.98. The lowest BCUT2D eigenvalue weighted by Gasteiger charge is -2.16. The van der Waals surface area contributed by atoms with Gasteiger partial charge in [0.1, 0.15) is 10.7 Å². The molecule has 2 atom stereocenters. The standard InChI is InChI=1S/C16H18N2O4S/c1-4-11-17-14-13(15(20)18(11)7(2)8(3)19)12-9(16(21)22)5-6-10(12)23-14/h7,9H,4-6H2,1-3H3,(H,21,22). The molecule has 0 bridgehead atoms. The third kappa shape index (κ3) is 2.30. The maximum atomic E-state index is 13.0. The summed E-state index contributed by atoms with van der Waals surface area (Å²) in [5.41, 5.74) is 0.322. The number of hydrogen-bond donors (Lipinski definition) is 1. The molecule has 0 amide bonds. The molecule has 0 spiro atoms. The Morgan fingerprint density at radius 1 is 1.48 bits per heavy atom. The number of carbonyl (C=O) groups excluding carboxylic acids is 1. The molecule has 0 saturated carbocycles. The first-order valence-corrected chi connectivity index (χ1v) is 8.48. The molecule has 3 rings (SSSR count). The molecule has 2 aromatic heterocycles. The van der Waals surface area contributed by atoms with Gasteiger partial charge in [-0.05, 0) is 32.3 Å². The molecule has 0 saturated heterocycles. The molecule has 1 aliphatic rings. The zero-order valence-corrected chi connectivity index (χ0v) is 14.1. The molecule has 1 N–H and O–H groups in total. The van der Waals surface area contributed by atoms with E-state index in [-0.39, 0.29) is 11.3 Å². The van der Waals surface area contributed by atoms with Crippen LogP contribution >= 0.6 is 11.3 Å². The molecule has 1 aliphatic carbocycles. The summed E-state index contributed by atoms with van der Waals surface area (Å²) in [4.78, 5) is 42.4. The Morgan fingerprint density at radius 3 is 2.74 bits per heavy atom. The fourth-order valence-corrected chi connectivity index (χ4v) is 4.48. The highest BCUT2D eigenvalue weighted by atomic mass is 32.1. The summed E-state index contributed by atoms with van der Waals surface area (Å²) in [6, 6.07) is -0.602. The van der Waals surface area contributed by atoms with Gasteiger partial charge in [0.2, 0.25) is 0 Å². The van der Waals surface area contributed by atoms with E-state index in [2.05, 4.69) is 4.98 Å². The number of aryl methyl sites for hydroxylation is 2. The second kappa shape index (κ2) is 5.56. The summed E-state index contributed by atoms with van der Waals surface area (Å²) in [5, 5.41) is 9.81. The molecule has 2 aromatic rings. The first-order valence-electron chi connectivity index (χ1n) is 7.66. The van der Waals surface area contributed by atoms with E-state index in [1.165, 1.54) is 22.8 Å². The first-order chi connectivity index (χ1) is 10.9. The molecule has 0 aromatic carbocycles. The highest BCUT2D eigenvalue weighted by molar-refractivity contribution is 7.18. The van der Waals surface area contributed by atoms with Gasteiger partial charge >= 0.3 is 5.97 Å². The monoisotopic (exact) mass is 334 g/mol. The predicted octanol–water partition coefficient (Wildman–Crippen LogP) is 2.28. The fourth-order valence-electron chi connectivity index (χ4n) is 3.22. The van der Waals surface area contributed by atoms with Crippen molar-refractivity contribution in [2.75, 3.05) is 0 Å². The largest absolute Gasteiger partial charge is 0.481 e. The third-order valence-electron chi connectivity index (χ3n) is 4.54. The highest BCUT2D eigenvalue weighted by Gasteiger charge is 2.35. The van der Waals surface area contributed by atoms with Gasteiger partial charge in [-0.25, -0.2) is 4.98 Å². The molecular formula is C16H18N2O4S. The van der Waals surface area contributed by atoms with E-state index in [9.17, 15) is 19.5 Å². The lowest BCUT2D eigenvalue weighted by Crippen LogP contribution is -2.31. The highest BCUT2D eigenvalue weighted by Crippen LogP contribution is 2.42. The Labute approximate surface area is 136 Å². The zero-order valence-electron chi connectivity index (χ0n) is 13.3. The molecule has 2 heterocycles. The van der Waals surface area contributed by atoms with Crippen LogP contribution in [-0.4, -0.2) is 26.4 Å². The van der Waals surface area contributed by atoms with Crippen molar-refractivity contribution in [3.63, 3.8) is 0 Å². The summed E-state index contributed by atoms with van der Waals surface area (Å²) in [6.07, 6.45) is 1.72. The van der Waals surface area contributed by atoms with E-state index >= 15 is 0 Å². The molecule has 23 heavy (non-hydrogen) atoms. The number of carboxylic acid groups (broad SMARTS) is 1. The van der Waals surface area contributed by atoms with Gasteiger partial charge in [0, 0.05) is 11.3 Å². The maximum absolute atomic E-state index is 13.0. The number of aliphatic carboxylic acids is 1. The molecule has 2 unspecified atom stereocenters. The lowest BCUT2D eigenvalue weighted by molar-refractivity contribution is -0.138. The number of hydrogen-bond acceptors (Lipinski definition) is 5. The van der Waals surface area contributed by atoms with Gasteiger partial charge < -0.3 is 5.11 Å².